The molecule has 1 aromatic heterocycles. The Balaban J connectivity index is 1.56. The van der Waals surface area contributed by atoms with Crippen LogP contribution in [0, 0.1) is 6.92 Å². The molecule has 6 nitrogen and oxygen atoms in total. The lowest BCUT2D eigenvalue weighted by molar-refractivity contribution is 0.0346. The Morgan fingerprint density at radius 3 is 2.30 bits per heavy atom. The van der Waals surface area contributed by atoms with E-state index in [2.05, 4.69) is 51.0 Å². The van der Waals surface area contributed by atoms with Crippen LogP contribution in [0.25, 0.3) is 0 Å². The van der Waals surface area contributed by atoms with E-state index >= 15 is 0 Å². The quantitative estimate of drug-likeness (QED) is 0.845. The summed E-state index contributed by atoms with van der Waals surface area (Å²) in [4.78, 5) is 12.2. The van der Waals surface area contributed by atoms with Gasteiger partial charge in [-0.2, -0.15) is 0 Å². The maximum atomic E-state index is 12.5. The Morgan fingerprint density at radius 2 is 1.70 bits per heavy atom. The second-order valence-corrected chi connectivity index (χ2v) is 9.90. The largest absolute Gasteiger partial charge is 0.348 e. The minimum Gasteiger partial charge on any atom is -0.348 e. The molecule has 27 heavy (non-hydrogen) atoms. The number of aromatic nitrogens is 2. The van der Waals surface area contributed by atoms with Crippen LogP contribution in [-0.4, -0.2) is 64.9 Å². The van der Waals surface area contributed by atoms with Crippen molar-refractivity contribution >= 4 is 9.84 Å². The summed E-state index contributed by atoms with van der Waals surface area (Å²) in [5.41, 5.74) is 4.75. The number of sulfone groups is 1. The summed E-state index contributed by atoms with van der Waals surface area (Å²) < 4.78 is 24.9. The molecule has 4 rings (SSSR count). The van der Waals surface area contributed by atoms with E-state index in [0.717, 1.165) is 37.4 Å². The van der Waals surface area contributed by atoms with Gasteiger partial charge >= 0.3 is 0 Å². The zero-order chi connectivity index (χ0) is 19.0. The topological polar surface area (TPSA) is 69.3 Å². The summed E-state index contributed by atoms with van der Waals surface area (Å²) in [5, 5.41) is 0. The van der Waals surface area contributed by atoms with Crippen LogP contribution in [0.4, 0.5) is 0 Å². The predicted molar refractivity (Wildman–Crippen MR) is 106 cm³/mol. The van der Waals surface area contributed by atoms with Gasteiger partial charge in [-0.1, -0.05) is 31.2 Å². The van der Waals surface area contributed by atoms with Crippen LogP contribution >= 0.6 is 0 Å². The summed E-state index contributed by atoms with van der Waals surface area (Å²) in [7, 11) is -3.00. The van der Waals surface area contributed by atoms with E-state index in [1.54, 1.807) is 6.33 Å². The third-order valence-electron chi connectivity index (χ3n) is 6.07. The van der Waals surface area contributed by atoms with Gasteiger partial charge in [-0.3, -0.25) is 9.80 Å². The lowest BCUT2D eigenvalue weighted by atomic mass is 10.0. The number of benzene rings is 1. The highest BCUT2D eigenvalue weighted by molar-refractivity contribution is 7.91. The Bertz CT molecular complexity index is 908. The molecule has 0 radical (unpaired) electrons. The molecule has 0 amide bonds. The minimum absolute atomic E-state index is 0.0497. The number of imidazole rings is 1. The van der Waals surface area contributed by atoms with Crippen molar-refractivity contribution in [1.82, 2.24) is 19.8 Å². The van der Waals surface area contributed by atoms with E-state index < -0.39 is 9.84 Å². The molecule has 2 saturated heterocycles. The zero-order valence-electron chi connectivity index (χ0n) is 16.1. The average Bonchev–Trinajstić information content (AvgIpc) is 3.19. The highest BCUT2D eigenvalue weighted by atomic mass is 32.2. The molecule has 0 unspecified atom stereocenters. The molecule has 2 aliphatic rings. The highest BCUT2D eigenvalue weighted by Crippen LogP contribution is 2.30. The Morgan fingerprint density at radius 1 is 1.07 bits per heavy atom. The number of hydrogen-bond acceptors (Lipinski definition) is 5. The number of rotatable bonds is 5. The number of hydrogen-bond donors (Lipinski definition) is 1. The Labute approximate surface area is 161 Å². The van der Waals surface area contributed by atoms with E-state index in [0.29, 0.717) is 6.54 Å². The number of fused-ring (bicyclic) bond motifs is 1. The normalized spacial score (nSPS) is 25.6. The van der Waals surface area contributed by atoms with Crippen molar-refractivity contribution in [3.63, 3.8) is 0 Å². The molecule has 2 aromatic rings. The molecule has 2 fully saturated rings. The molecule has 7 heteroatoms. The first-order chi connectivity index (χ1) is 13.0. The van der Waals surface area contributed by atoms with E-state index in [1.807, 2.05) is 6.92 Å². The fourth-order valence-electron chi connectivity index (χ4n) is 4.50. The summed E-state index contributed by atoms with van der Waals surface area (Å²) in [5.74, 6) is 0.523. The summed E-state index contributed by atoms with van der Waals surface area (Å²) in [6.45, 7) is 7.49. The molecule has 0 aliphatic carbocycles. The van der Waals surface area contributed by atoms with Gasteiger partial charge in [-0.25, -0.2) is 13.4 Å². The monoisotopic (exact) mass is 388 g/mol. The molecule has 0 bridgehead atoms. The molecule has 0 saturated carbocycles. The fourth-order valence-corrected chi connectivity index (χ4v) is 6.55. The number of nitrogens with one attached hydrogen (secondary N) is 1. The smallest absolute Gasteiger partial charge is 0.153 e. The maximum Gasteiger partial charge on any atom is 0.153 e. The van der Waals surface area contributed by atoms with E-state index in [1.165, 1.54) is 11.1 Å². The lowest BCUT2D eigenvalue weighted by Crippen LogP contribution is -2.58. The van der Waals surface area contributed by atoms with Crippen LogP contribution in [0.5, 0.6) is 0 Å². The van der Waals surface area contributed by atoms with Crippen LogP contribution in [-0.2, 0) is 29.3 Å². The maximum absolute atomic E-state index is 12.5. The lowest BCUT2D eigenvalue weighted by Gasteiger charge is -2.44. The number of aryl methyl sites for hydroxylation is 2. The van der Waals surface area contributed by atoms with Crippen LogP contribution in [0.15, 0.2) is 30.6 Å². The first-order valence-corrected chi connectivity index (χ1v) is 11.5. The van der Waals surface area contributed by atoms with Crippen LogP contribution in [0.1, 0.15) is 29.4 Å². The molecule has 0 spiro atoms. The van der Waals surface area contributed by atoms with Crippen molar-refractivity contribution in [2.75, 3.05) is 24.6 Å². The first kappa shape index (κ1) is 18.7. The number of nitrogens with zero attached hydrogens (tertiary/aromatic N) is 3. The van der Waals surface area contributed by atoms with Crippen molar-refractivity contribution in [2.45, 2.75) is 45.4 Å². The third kappa shape index (κ3) is 3.81. The van der Waals surface area contributed by atoms with Gasteiger partial charge in [-0.05, 0) is 24.5 Å². The van der Waals surface area contributed by atoms with Gasteiger partial charge in [-0.15, -0.1) is 0 Å². The van der Waals surface area contributed by atoms with Gasteiger partial charge in [0.1, 0.15) is 0 Å². The van der Waals surface area contributed by atoms with Crippen molar-refractivity contribution in [1.29, 1.82) is 0 Å². The fraction of sp³-hybridized carbons (Fsp3) is 0.550. The SMILES string of the molecule is CCc1ccccc1CN1CCN(Cc2nc[nH]c2C)[C@H]2CS(=O)(=O)C[C@H]21. The highest BCUT2D eigenvalue weighted by Gasteiger charge is 2.46. The van der Waals surface area contributed by atoms with Crippen molar-refractivity contribution in [3.8, 4) is 0 Å². The number of H-pyrrole nitrogens is 1. The minimum atomic E-state index is -3.00. The molecular formula is C20H28N4O2S. The van der Waals surface area contributed by atoms with Gasteiger partial charge in [0.2, 0.25) is 0 Å². The predicted octanol–water partition coefficient (Wildman–Crippen LogP) is 1.76. The van der Waals surface area contributed by atoms with Crippen LogP contribution in [0.3, 0.4) is 0 Å². The Kier molecular flexibility index (Phi) is 5.09. The summed E-state index contributed by atoms with van der Waals surface area (Å²) in [6.07, 6.45) is 2.71. The second kappa shape index (κ2) is 7.37. The van der Waals surface area contributed by atoms with E-state index in [-0.39, 0.29) is 23.6 Å². The van der Waals surface area contributed by atoms with Gasteiger partial charge < -0.3 is 4.98 Å². The number of aromatic amines is 1. The molecular weight excluding hydrogens is 360 g/mol. The Hall–Kier alpha value is -1.70. The zero-order valence-corrected chi connectivity index (χ0v) is 16.9. The molecule has 1 aromatic carbocycles. The molecule has 2 aliphatic heterocycles. The average molecular weight is 389 g/mol. The van der Waals surface area contributed by atoms with Crippen LogP contribution < -0.4 is 0 Å². The molecule has 146 valence electrons. The van der Waals surface area contributed by atoms with Crippen molar-refractivity contribution in [2.24, 2.45) is 0 Å². The molecule has 1 N–H and O–H groups in total. The third-order valence-corrected chi connectivity index (χ3v) is 7.76. The summed E-state index contributed by atoms with van der Waals surface area (Å²) in [6, 6.07) is 8.62. The van der Waals surface area contributed by atoms with Crippen molar-refractivity contribution < 1.29 is 8.42 Å². The molecule has 3 heterocycles. The van der Waals surface area contributed by atoms with Crippen LogP contribution in [0.2, 0.25) is 0 Å². The van der Waals surface area contributed by atoms with E-state index in [4.69, 9.17) is 0 Å². The second-order valence-electron chi connectivity index (χ2n) is 7.75. The first-order valence-electron chi connectivity index (χ1n) is 9.71. The summed E-state index contributed by atoms with van der Waals surface area (Å²) >= 11 is 0. The number of piperazine rings is 1. The standard InChI is InChI=1S/C20H28N4O2S/c1-3-16-6-4-5-7-17(16)10-23-8-9-24(11-18-15(2)21-14-22-18)20-13-27(25,26)12-19(20)23/h4-7,14,19-20H,3,8-13H2,1-2H3,(H,21,22)/t19-,20+/m1/s1. The molecule has 2 atom stereocenters. The van der Waals surface area contributed by atoms with E-state index in [9.17, 15) is 8.42 Å². The van der Waals surface area contributed by atoms with Gasteiger partial charge in [0.15, 0.2) is 9.84 Å². The van der Waals surface area contributed by atoms with Gasteiger partial charge in [0.05, 0.1) is 23.5 Å². The van der Waals surface area contributed by atoms with Gasteiger partial charge in [0.25, 0.3) is 0 Å². The van der Waals surface area contributed by atoms with Gasteiger partial charge in [0, 0.05) is 44.0 Å². The van der Waals surface area contributed by atoms with Crippen molar-refractivity contribution in [3.05, 3.63) is 53.1 Å².